The van der Waals surface area contributed by atoms with Gasteiger partial charge in [-0.2, -0.15) is 0 Å². The van der Waals surface area contributed by atoms with Gasteiger partial charge in [0.05, 0.1) is 18.9 Å². The fraction of sp³-hybridized carbons (Fsp3) is 0.583. The van der Waals surface area contributed by atoms with E-state index in [4.69, 9.17) is 4.42 Å². The maximum atomic E-state index is 12.2. The number of hydrogen-bond acceptors (Lipinski definition) is 3. The Bertz CT molecular complexity index is 372. The Hall–Kier alpha value is -1.29. The lowest BCUT2D eigenvalue weighted by Gasteiger charge is -2.34. The molecule has 1 fully saturated rings. The van der Waals surface area contributed by atoms with Crippen molar-refractivity contribution in [2.45, 2.75) is 32.2 Å². The van der Waals surface area contributed by atoms with Crippen LogP contribution in [0.3, 0.4) is 0 Å². The zero-order valence-corrected chi connectivity index (χ0v) is 9.48. The number of amides is 1. The molecule has 0 radical (unpaired) electrons. The van der Waals surface area contributed by atoms with Crippen LogP contribution in [0.1, 0.15) is 35.4 Å². The molecule has 0 aromatic carbocycles. The molecule has 1 unspecified atom stereocenters. The van der Waals surface area contributed by atoms with Gasteiger partial charge in [0.1, 0.15) is 0 Å². The molecule has 88 valence electrons. The fourth-order valence-corrected chi connectivity index (χ4v) is 2.18. The molecule has 0 spiro atoms. The molecule has 2 heterocycles. The largest absolute Gasteiger partial charge is 0.459 e. The zero-order chi connectivity index (χ0) is 11.5. The van der Waals surface area contributed by atoms with Gasteiger partial charge in [0.15, 0.2) is 5.76 Å². The molecule has 1 saturated heterocycles. The maximum Gasteiger partial charge on any atom is 0.290 e. The van der Waals surface area contributed by atoms with Gasteiger partial charge in [0, 0.05) is 12.1 Å². The standard InChI is InChI=1S/C12H17NO3/c1-9-5-7-16-11(9)12(15)13-6-3-2-4-10(13)8-14/h5,7,10,14H,2-4,6,8H2,1H3. The Balaban J connectivity index is 2.17. The molecule has 4 nitrogen and oxygen atoms in total. The van der Waals surface area contributed by atoms with Crippen LogP contribution in [0.5, 0.6) is 0 Å². The number of hydrogen-bond donors (Lipinski definition) is 1. The van der Waals surface area contributed by atoms with Crippen LogP contribution in [-0.4, -0.2) is 35.1 Å². The second kappa shape index (κ2) is 4.70. The molecular formula is C12H17NO3. The second-order valence-electron chi connectivity index (χ2n) is 4.26. The van der Waals surface area contributed by atoms with E-state index in [0.29, 0.717) is 12.3 Å². The fourth-order valence-electron chi connectivity index (χ4n) is 2.18. The molecule has 1 aromatic heterocycles. The lowest BCUT2D eigenvalue weighted by Crippen LogP contribution is -2.45. The van der Waals surface area contributed by atoms with Gasteiger partial charge in [0.2, 0.25) is 0 Å². The van der Waals surface area contributed by atoms with E-state index in [1.165, 1.54) is 6.26 Å². The molecule has 0 bridgehead atoms. The first-order chi connectivity index (χ1) is 7.74. The molecular weight excluding hydrogens is 206 g/mol. The Morgan fingerprint density at radius 2 is 2.44 bits per heavy atom. The molecule has 1 amide bonds. The highest BCUT2D eigenvalue weighted by molar-refractivity contribution is 5.93. The first kappa shape index (κ1) is 11.2. The summed E-state index contributed by atoms with van der Waals surface area (Å²) in [5.41, 5.74) is 0.854. The van der Waals surface area contributed by atoms with Crippen molar-refractivity contribution >= 4 is 5.91 Å². The number of rotatable bonds is 2. The number of aliphatic hydroxyl groups is 1. The second-order valence-corrected chi connectivity index (χ2v) is 4.26. The molecule has 0 aliphatic carbocycles. The third kappa shape index (κ3) is 1.97. The summed E-state index contributed by atoms with van der Waals surface area (Å²) >= 11 is 0. The maximum absolute atomic E-state index is 12.2. The molecule has 2 rings (SSSR count). The smallest absolute Gasteiger partial charge is 0.290 e. The first-order valence-electron chi connectivity index (χ1n) is 5.70. The summed E-state index contributed by atoms with van der Waals surface area (Å²) < 4.78 is 5.20. The van der Waals surface area contributed by atoms with E-state index in [2.05, 4.69) is 0 Å². The van der Waals surface area contributed by atoms with Crippen LogP contribution in [-0.2, 0) is 0 Å². The van der Waals surface area contributed by atoms with Gasteiger partial charge in [-0.1, -0.05) is 0 Å². The van der Waals surface area contributed by atoms with Crippen LogP contribution < -0.4 is 0 Å². The predicted molar refractivity (Wildman–Crippen MR) is 59.2 cm³/mol. The Labute approximate surface area is 94.9 Å². The van der Waals surface area contributed by atoms with Gasteiger partial charge < -0.3 is 14.4 Å². The van der Waals surface area contributed by atoms with Crippen LogP contribution in [0.4, 0.5) is 0 Å². The van der Waals surface area contributed by atoms with Gasteiger partial charge in [-0.3, -0.25) is 4.79 Å². The van der Waals surface area contributed by atoms with Gasteiger partial charge in [0.25, 0.3) is 5.91 Å². The van der Waals surface area contributed by atoms with Crippen molar-refractivity contribution in [3.05, 3.63) is 23.7 Å². The summed E-state index contributed by atoms with van der Waals surface area (Å²) in [6, 6.07) is 1.73. The lowest BCUT2D eigenvalue weighted by molar-refractivity contribution is 0.0472. The third-order valence-corrected chi connectivity index (χ3v) is 3.16. The van der Waals surface area contributed by atoms with Crippen molar-refractivity contribution in [3.8, 4) is 0 Å². The van der Waals surface area contributed by atoms with E-state index in [0.717, 1.165) is 24.8 Å². The highest BCUT2D eigenvalue weighted by Crippen LogP contribution is 2.21. The summed E-state index contributed by atoms with van der Waals surface area (Å²) in [5.74, 6) is 0.307. The van der Waals surface area contributed by atoms with Crippen LogP contribution in [0.25, 0.3) is 0 Å². The van der Waals surface area contributed by atoms with Crippen molar-refractivity contribution in [2.75, 3.05) is 13.2 Å². The molecule has 1 atom stereocenters. The van der Waals surface area contributed by atoms with Crippen molar-refractivity contribution in [1.29, 1.82) is 0 Å². The Morgan fingerprint density at radius 1 is 1.62 bits per heavy atom. The average molecular weight is 223 g/mol. The lowest BCUT2D eigenvalue weighted by atomic mass is 10.0. The van der Waals surface area contributed by atoms with Crippen molar-refractivity contribution in [2.24, 2.45) is 0 Å². The molecule has 1 aromatic rings. The van der Waals surface area contributed by atoms with Crippen LogP contribution in [0, 0.1) is 6.92 Å². The minimum Gasteiger partial charge on any atom is -0.459 e. The van der Waals surface area contributed by atoms with E-state index in [-0.39, 0.29) is 18.6 Å². The molecule has 0 saturated carbocycles. The molecule has 1 N–H and O–H groups in total. The van der Waals surface area contributed by atoms with E-state index >= 15 is 0 Å². The van der Waals surface area contributed by atoms with E-state index in [1.807, 2.05) is 6.92 Å². The molecule has 4 heteroatoms. The monoisotopic (exact) mass is 223 g/mol. The predicted octanol–water partition coefficient (Wildman–Crippen LogP) is 1.58. The first-order valence-corrected chi connectivity index (χ1v) is 5.70. The van der Waals surface area contributed by atoms with E-state index in [9.17, 15) is 9.90 Å². The van der Waals surface area contributed by atoms with Gasteiger partial charge >= 0.3 is 0 Å². The minimum atomic E-state index is -0.0961. The van der Waals surface area contributed by atoms with E-state index < -0.39 is 0 Å². The SMILES string of the molecule is Cc1ccoc1C(=O)N1CCCCC1CO. The number of piperidine rings is 1. The summed E-state index contributed by atoms with van der Waals surface area (Å²) in [4.78, 5) is 13.9. The number of aryl methyl sites for hydroxylation is 1. The Kier molecular flexibility index (Phi) is 3.29. The summed E-state index contributed by atoms with van der Waals surface area (Å²) in [6.07, 6.45) is 4.48. The molecule has 1 aliphatic rings. The normalized spacial score (nSPS) is 21.1. The van der Waals surface area contributed by atoms with Gasteiger partial charge in [-0.05, 0) is 32.3 Å². The summed E-state index contributed by atoms with van der Waals surface area (Å²) in [7, 11) is 0. The number of likely N-dealkylation sites (tertiary alicyclic amines) is 1. The van der Waals surface area contributed by atoms with Crippen molar-refractivity contribution in [1.82, 2.24) is 4.90 Å². The quantitative estimate of drug-likeness (QED) is 0.828. The molecule has 16 heavy (non-hydrogen) atoms. The highest BCUT2D eigenvalue weighted by atomic mass is 16.3. The van der Waals surface area contributed by atoms with Gasteiger partial charge in [-0.25, -0.2) is 0 Å². The summed E-state index contributed by atoms with van der Waals surface area (Å²) in [5, 5.41) is 9.25. The van der Waals surface area contributed by atoms with Crippen molar-refractivity contribution in [3.63, 3.8) is 0 Å². The number of nitrogens with zero attached hydrogens (tertiary/aromatic N) is 1. The Morgan fingerprint density at radius 3 is 3.06 bits per heavy atom. The average Bonchev–Trinajstić information content (AvgIpc) is 2.74. The van der Waals surface area contributed by atoms with Crippen LogP contribution in [0.15, 0.2) is 16.7 Å². The third-order valence-electron chi connectivity index (χ3n) is 3.16. The number of aliphatic hydroxyl groups excluding tert-OH is 1. The number of furan rings is 1. The summed E-state index contributed by atoms with van der Waals surface area (Å²) in [6.45, 7) is 2.60. The zero-order valence-electron chi connectivity index (χ0n) is 9.48. The van der Waals surface area contributed by atoms with Crippen molar-refractivity contribution < 1.29 is 14.3 Å². The minimum absolute atomic E-state index is 0.0332. The van der Waals surface area contributed by atoms with E-state index in [1.54, 1.807) is 11.0 Å². The number of carbonyl (C=O) groups is 1. The van der Waals surface area contributed by atoms with Crippen LogP contribution >= 0.6 is 0 Å². The highest BCUT2D eigenvalue weighted by Gasteiger charge is 2.29. The number of carbonyl (C=O) groups excluding carboxylic acids is 1. The van der Waals surface area contributed by atoms with Crippen LogP contribution in [0.2, 0.25) is 0 Å². The van der Waals surface area contributed by atoms with Gasteiger partial charge in [-0.15, -0.1) is 0 Å². The topological polar surface area (TPSA) is 53.7 Å². The molecule has 1 aliphatic heterocycles.